The summed E-state index contributed by atoms with van der Waals surface area (Å²) in [7, 11) is 0. The fourth-order valence-electron chi connectivity index (χ4n) is 2.70. The summed E-state index contributed by atoms with van der Waals surface area (Å²) in [6.45, 7) is 6.59. The molecule has 0 aliphatic carbocycles. The van der Waals surface area contributed by atoms with Crippen LogP contribution in [-0.4, -0.2) is 35.8 Å². The lowest BCUT2D eigenvalue weighted by atomic mass is 9.71. The van der Waals surface area contributed by atoms with Gasteiger partial charge < -0.3 is 14.7 Å². The predicted octanol–water partition coefficient (Wildman–Crippen LogP) is 3.73. The number of halogens is 2. The first-order valence-corrected chi connectivity index (χ1v) is 7.12. The number of carboxylic acid groups (broad SMARTS) is 1. The summed E-state index contributed by atoms with van der Waals surface area (Å²) >= 11 is 5.74. The first-order chi connectivity index (χ1) is 9.67. The van der Waals surface area contributed by atoms with E-state index in [0.29, 0.717) is 12.1 Å². The second-order valence-corrected chi connectivity index (χ2v) is 6.67. The van der Waals surface area contributed by atoms with E-state index >= 15 is 0 Å². The third kappa shape index (κ3) is 2.85. The van der Waals surface area contributed by atoms with Crippen LogP contribution in [0.5, 0.6) is 0 Å². The molecular formula is C15H19ClFNO3. The number of morpholine rings is 1. The molecule has 1 aromatic carbocycles. The van der Waals surface area contributed by atoms with Gasteiger partial charge in [-0.25, -0.2) is 9.18 Å². The molecule has 1 amide bonds. The first-order valence-electron chi connectivity index (χ1n) is 6.75. The molecule has 0 aromatic heterocycles. The van der Waals surface area contributed by atoms with Gasteiger partial charge in [0, 0.05) is 6.54 Å². The summed E-state index contributed by atoms with van der Waals surface area (Å²) in [5, 5.41) is 9.29. The molecule has 0 spiro atoms. The van der Waals surface area contributed by atoms with Crippen molar-refractivity contribution in [3.8, 4) is 0 Å². The lowest BCUT2D eigenvalue weighted by Crippen LogP contribution is -2.57. The number of carbonyl (C=O) groups is 1. The second kappa shape index (κ2) is 5.46. The van der Waals surface area contributed by atoms with Crippen LogP contribution in [0.25, 0.3) is 0 Å². The van der Waals surface area contributed by atoms with Gasteiger partial charge in [-0.15, -0.1) is 0 Å². The zero-order valence-corrected chi connectivity index (χ0v) is 13.1. The van der Waals surface area contributed by atoms with Crippen LogP contribution < -0.4 is 0 Å². The van der Waals surface area contributed by atoms with E-state index in [0.717, 1.165) is 0 Å². The van der Waals surface area contributed by atoms with Crippen molar-refractivity contribution in [1.29, 1.82) is 0 Å². The molecule has 1 aromatic rings. The van der Waals surface area contributed by atoms with Crippen molar-refractivity contribution in [2.45, 2.75) is 26.4 Å². The number of hydrogen-bond donors (Lipinski definition) is 1. The molecule has 1 atom stereocenters. The second-order valence-electron chi connectivity index (χ2n) is 6.26. The van der Waals surface area contributed by atoms with Crippen molar-refractivity contribution in [2.24, 2.45) is 5.41 Å². The molecule has 116 valence electrons. The molecule has 0 bridgehead atoms. The van der Waals surface area contributed by atoms with Gasteiger partial charge in [-0.1, -0.05) is 38.4 Å². The summed E-state index contributed by atoms with van der Waals surface area (Å²) in [5.41, 5.74) is -0.723. The lowest BCUT2D eigenvalue weighted by molar-refractivity contribution is -0.166. The van der Waals surface area contributed by atoms with E-state index in [9.17, 15) is 14.3 Å². The van der Waals surface area contributed by atoms with Gasteiger partial charge in [-0.3, -0.25) is 0 Å². The van der Waals surface area contributed by atoms with E-state index < -0.39 is 22.9 Å². The molecule has 0 saturated carbocycles. The molecule has 1 fully saturated rings. The Balaban J connectivity index is 2.52. The number of ether oxygens (including phenoxy) is 1. The third-order valence-electron chi connectivity index (χ3n) is 3.99. The monoisotopic (exact) mass is 315 g/mol. The Morgan fingerprint density at radius 1 is 1.48 bits per heavy atom. The molecule has 1 heterocycles. The van der Waals surface area contributed by atoms with E-state index in [4.69, 9.17) is 16.3 Å². The molecule has 0 radical (unpaired) electrons. The summed E-state index contributed by atoms with van der Waals surface area (Å²) < 4.78 is 19.8. The van der Waals surface area contributed by atoms with Gasteiger partial charge >= 0.3 is 6.09 Å². The summed E-state index contributed by atoms with van der Waals surface area (Å²) in [6.07, 6.45) is -0.999. The van der Waals surface area contributed by atoms with Crippen molar-refractivity contribution < 1.29 is 19.0 Å². The standard InChI is InChI=1S/C15H19ClFNO3/c1-14(2,3)15(9-18(13(19)20)6-7-21-15)10-4-5-11(16)12(17)8-10/h4-5,8H,6-7,9H2,1-3H3,(H,19,20). The van der Waals surface area contributed by atoms with Crippen molar-refractivity contribution in [3.05, 3.63) is 34.6 Å². The summed E-state index contributed by atoms with van der Waals surface area (Å²) in [5.74, 6) is -0.533. The Hall–Kier alpha value is -1.33. The van der Waals surface area contributed by atoms with Gasteiger partial charge in [0.1, 0.15) is 11.4 Å². The number of amides is 1. The van der Waals surface area contributed by atoms with E-state index in [-0.39, 0.29) is 18.2 Å². The lowest BCUT2D eigenvalue weighted by Gasteiger charge is -2.50. The van der Waals surface area contributed by atoms with Crippen LogP contribution in [-0.2, 0) is 10.3 Å². The van der Waals surface area contributed by atoms with Crippen molar-refractivity contribution >= 4 is 17.7 Å². The van der Waals surface area contributed by atoms with Crippen molar-refractivity contribution in [1.82, 2.24) is 4.90 Å². The van der Waals surface area contributed by atoms with Crippen molar-refractivity contribution in [3.63, 3.8) is 0 Å². The quantitative estimate of drug-likeness (QED) is 0.859. The van der Waals surface area contributed by atoms with E-state index in [1.54, 1.807) is 6.07 Å². The van der Waals surface area contributed by atoms with E-state index in [2.05, 4.69) is 0 Å². The minimum atomic E-state index is -0.999. The molecule has 21 heavy (non-hydrogen) atoms. The van der Waals surface area contributed by atoms with Crippen molar-refractivity contribution in [2.75, 3.05) is 19.7 Å². The van der Waals surface area contributed by atoms with Crippen LogP contribution in [0.2, 0.25) is 5.02 Å². The molecule has 6 heteroatoms. The van der Waals surface area contributed by atoms with Crippen LogP contribution in [0.15, 0.2) is 18.2 Å². The Kier molecular flexibility index (Phi) is 4.17. The maximum absolute atomic E-state index is 13.8. The van der Waals surface area contributed by atoms with Crippen LogP contribution in [0.4, 0.5) is 9.18 Å². The fraction of sp³-hybridized carbons (Fsp3) is 0.533. The number of rotatable bonds is 1. The minimum absolute atomic E-state index is 0.0358. The average molecular weight is 316 g/mol. The Morgan fingerprint density at radius 2 is 2.14 bits per heavy atom. The highest BCUT2D eigenvalue weighted by Crippen LogP contribution is 2.45. The molecule has 1 aliphatic rings. The Labute approximate surface area is 128 Å². The minimum Gasteiger partial charge on any atom is -0.465 e. The Bertz CT molecular complexity index is 558. The predicted molar refractivity (Wildman–Crippen MR) is 78.1 cm³/mol. The molecule has 2 rings (SSSR count). The van der Waals surface area contributed by atoms with Crippen LogP contribution in [0, 0.1) is 11.2 Å². The van der Waals surface area contributed by atoms with E-state index in [1.807, 2.05) is 20.8 Å². The third-order valence-corrected chi connectivity index (χ3v) is 4.30. The molecule has 1 aliphatic heterocycles. The largest absolute Gasteiger partial charge is 0.465 e. The SMILES string of the molecule is CC(C)(C)C1(c2ccc(Cl)c(F)c2)CN(C(=O)O)CCO1. The van der Waals surface area contributed by atoms with Gasteiger partial charge in [0.2, 0.25) is 0 Å². The van der Waals surface area contributed by atoms with Gasteiger partial charge in [-0.05, 0) is 23.1 Å². The van der Waals surface area contributed by atoms with E-state index in [1.165, 1.54) is 17.0 Å². The maximum Gasteiger partial charge on any atom is 0.407 e. The Morgan fingerprint density at radius 3 is 2.67 bits per heavy atom. The average Bonchev–Trinajstić information content (AvgIpc) is 2.40. The number of hydrogen-bond acceptors (Lipinski definition) is 2. The van der Waals surface area contributed by atoms with Crippen LogP contribution >= 0.6 is 11.6 Å². The normalized spacial score (nSPS) is 23.2. The highest BCUT2D eigenvalue weighted by Gasteiger charge is 2.49. The fourth-order valence-corrected chi connectivity index (χ4v) is 2.81. The molecule has 1 saturated heterocycles. The highest BCUT2D eigenvalue weighted by atomic mass is 35.5. The van der Waals surface area contributed by atoms with Gasteiger partial charge in [0.15, 0.2) is 0 Å². The molecular weight excluding hydrogens is 297 g/mol. The molecule has 1 N–H and O–H groups in total. The first kappa shape index (κ1) is 16.0. The number of benzene rings is 1. The number of nitrogens with zero attached hydrogens (tertiary/aromatic N) is 1. The highest BCUT2D eigenvalue weighted by molar-refractivity contribution is 6.30. The topological polar surface area (TPSA) is 49.8 Å². The van der Waals surface area contributed by atoms with Crippen LogP contribution in [0.1, 0.15) is 26.3 Å². The molecule has 4 nitrogen and oxygen atoms in total. The zero-order valence-electron chi connectivity index (χ0n) is 12.3. The summed E-state index contributed by atoms with van der Waals surface area (Å²) in [4.78, 5) is 12.6. The smallest absolute Gasteiger partial charge is 0.407 e. The maximum atomic E-state index is 13.8. The van der Waals surface area contributed by atoms with Gasteiger partial charge in [0.05, 0.1) is 18.2 Å². The molecule has 1 unspecified atom stereocenters. The van der Waals surface area contributed by atoms with Crippen LogP contribution in [0.3, 0.4) is 0 Å². The zero-order chi connectivity index (χ0) is 15.8. The van der Waals surface area contributed by atoms with Gasteiger partial charge in [-0.2, -0.15) is 0 Å². The summed E-state index contributed by atoms with van der Waals surface area (Å²) in [6, 6.07) is 4.50. The van der Waals surface area contributed by atoms with Gasteiger partial charge in [0.25, 0.3) is 0 Å².